The zero-order valence-electron chi connectivity index (χ0n) is 13.7. The molecule has 0 aliphatic heterocycles. The van der Waals surface area contributed by atoms with Gasteiger partial charge in [-0.1, -0.05) is 6.42 Å². The van der Waals surface area contributed by atoms with Gasteiger partial charge in [0.2, 0.25) is 5.91 Å². The maximum absolute atomic E-state index is 12.3. The number of carbonyl (C=O) groups excluding carboxylic acids is 1. The number of anilines is 1. The highest BCUT2D eigenvalue weighted by atomic mass is 32.1. The summed E-state index contributed by atoms with van der Waals surface area (Å²) in [6.45, 7) is 1.52. The van der Waals surface area contributed by atoms with Gasteiger partial charge in [-0.05, 0) is 43.1 Å². The molecule has 8 nitrogen and oxygen atoms in total. The predicted octanol–water partition coefficient (Wildman–Crippen LogP) is 2.94. The Kier molecular flexibility index (Phi) is 4.81. The molecule has 0 saturated heterocycles. The van der Waals surface area contributed by atoms with Gasteiger partial charge in [0.15, 0.2) is 0 Å². The molecule has 0 bridgehead atoms. The molecule has 2 aromatic heterocycles. The minimum Gasteiger partial charge on any atom is -0.358 e. The summed E-state index contributed by atoms with van der Waals surface area (Å²) in [4.78, 5) is 23.7. The van der Waals surface area contributed by atoms with Crippen LogP contribution in [0.2, 0.25) is 0 Å². The van der Waals surface area contributed by atoms with Crippen molar-refractivity contribution in [3.05, 3.63) is 37.9 Å². The largest absolute Gasteiger partial charge is 0.390 e. The van der Waals surface area contributed by atoms with E-state index in [4.69, 9.17) is 0 Å². The van der Waals surface area contributed by atoms with E-state index in [1.807, 2.05) is 0 Å². The zero-order chi connectivity index (χ0) is 18.0. The first-order valence-corrected chi connectivity index (χ1v) is 8.84. The quantitative estimate of drug-likeness (QED) is 0.512. The average molecular weight is 359 g/mol. The number of nitriles is 1. The SMILES string of the molecule is Cc1cc([N+](=O)[O-])nn1CC(=O)Nc1sc2c(c1C#N)CCCCC2. The fourth-order valence-electron chi connectivity index (χ4n) is 2.99. The smallest absolute Gasteiger partial charge is 0.358 e. The molecule has 2 aromatic rings. The second kappa shape index (κ2) is 7.03. The fourth-order valence-corrected chi connectivity index (χ4v) is 4.25. The number of nitro groups is 1. The molecule has 3 rings (SSSR count). The normalized spacial score (nSPS) is 13.6. The number of nitrogens with zero attached hydrogens (tertiary/aromatic N) is 4. The van der Waals surface area contributed by atoms with Crippen molar-refractivity contribution in [2.24, 2.45) is 0 Å². The molecule has 1 aliphatic carbocycles. The molecule has 0 aromatic carbocycles. The van der Waals surface area contributed by atoms with Crippen LogP contribution in [0, 0.1) is 28.4 Å². The van der Waals surface area contributed by atoms with Crippen LogP contribution < -0.4 is 5.32 Å². The summed E-state index contributed by atoms with van der Waals surface area (Å²) < 4.78 is 1.29. The highest BCUT2D eigenvalue weighted by Gasteiger charge is 2.22. The van der Waals surface area contributed by atoms with Crippen LogP contribution in [0.5, 0.6) is 0 Å². The van der Waals surface area contributed by atoms with Gasteiger partial charge >= 0.3 is 5.82 Å². The van der Waals surface area contributed by atoms with Gasteiger partial charge in [-0.2, -0.15) is 9.94 Å². The Morgan fingerprint density at radius 2 is 2.24 bits per heavy atom. The number of fused-ring (bicyclic) bond motifs is 1. The number of nitrogens with one attached hydrogen (secondary N) is 1. The second-order valence-corrected chi connectivity index (χ2v) is 7.09. The van der Waals surface area contributed by atoms with Crippen molar-refractivity contribution in [3.63, 3.8) is 0 Å². The number of aryl methyl sites for hydroxylation is 2. The summed E-state index contributed by atoms with van der Waals surface area (Å²) >= 11 is 1.46. The van der Waals surface area contributed by atoms with Crippen molar-refractivity contribution in [1.29, 1.82) is 5.26 Å². The molecule has 0 atom stereocenters. The number of rotatable bonds is 4. The Labute approximate surface area is 148 Å². The van der Waals surface area contributed by atoms with Gasteiger partial charge in [0.05, 0.1) is 22.4 Å². The van der Waals surface area contributed by atoms with E-state index in [1.165, 1.54) is 27.0 Å². The minimum atomic E-state index is -0.592. The van der Waals surface area contributed by atoms with Gasteiger partial charge in [0.25, 0.3) is 0 Å². The van der Waals surface area contributed by atoms with E-state index in [0.29, 0.717) is 16.3 Å². The maximum atomic E-state index is 12.3. The monoisotopic (exact) mass is 359 g/mol. The van der Waals surface area contributed by atoms with E-state index in [2.05, 4.69) is 16.5 Å². The number of thiophene rings is 1. The van der Waals surface area contributed by atoms with E-state index in [-0.39, 0.29) is 18.3 Å². The van der Waals surface area contributed by atoms with E-state index in [1.54, 1.807) is 6.92 Å². The van der Waals surface area contributed by atoms with Crippen LogP contribution in [0.1, 0.15) is 41.0 Å². The van der Waals surface area contributed by atoms with Crippen LogP contribution in [-0.4, -0.2) is 20.6 Å². The predicted molar refractivity (Wildman–Crippen MR) is 92.5 cm³/mol. The molecule has 0 radical (unpaired) electrons. The lowest BCUT2D eigenvalue weighted by Crippen LogP contribution is -2.20. The summed E-state index contributed by atoms with van der Waals surface area (Å²) in [5.74, 6) is -0.639. The molecule has 0 unspecified atom stereocenters. The Morgan fingerprint density at radius 3 is 2.92 bits per heavy atom. The molecule has 2 heterocycles. The first-order chi connectivity index (χ1) is 12.0. The third-order valence-electron chi connectivity index (χ3n) is 4.23. The molecule has 1 N–H and O–H groups in total. The Bertz CT molecular complexity index is 877. The lowest BCUT2D eigenvalue weighted by molar-refractivity contribution is -0.389. The van der Waals surface area contributed by atoms with Gasteiger partial charge < -0.3 is 15.4 Å². The number of hydrogen-bond donors (Lipinski definition) is 1. The molecule has 130 valence electrons. The minimum absolute atomic E-state index is 0.132. The molecule has 0 saturated carbocycles. The van der Waals surface area contributed by atoms with Crippen LogP contribution in [0.3, 0.4) is 0 Å². The van der Waals surface area contributed by atoms with Gasteiger partial charge in [0.1, 0.15) is 17.6 Å². The standard InChI is InChI=1S/C16H17N5O3S/c1-10-7-14(21(23)24)19-20(10)9-15(22)18-16-12(8-17)11-5-3-2-4-6-13(11)25-16/h7H,2-6,9H2,1H3,(H,18,22). The summed E-state index contributed by atoms with van der Waals surface area (Å²) in [7, 11) is 0. The fraction of sp³-hybridized carbons (Fsp3) is 0.438. The third-order valence-corrected chi connectivity index (χ3v) is 5.44. The van der Waals surface area contributed by atoms with Crippen LogP contribution in [0.4, 0.5) is 10.8 Å². The molecule has 9 heteroatoms. The van der Waals surface area contributed by atoms with Gasteiger partial charge in [-0.3, -0.25) is 4.79 Å². The second-order valence-electron chi connectivity index (χ2n) is 5.99. The van der Waals surface area contributed by atoms with E-state index in [0.717, 1.165) is 37.7 Å². The molecule has 1 aliphatic rings. The van der Waals surface area contributed by atoms with Crippen molar-refractivity contribution in [2.75, 3.05) is 5.32 Å². The molecular formula is C16H17N5O3S. The Morgan fingerprint density at radius 1 is 1.48 bits per heavy atom. The van der Waals surface area contributed by atoms with Crippen molar-refractivity contribution < 1.29 is 9.72 Å². The van der Waals surface area contributed by atoms with Crippen molar-refractivity contribution in [3.8, 4) is 6.07 Å². The zero-order valence-corrected chi connectivity index (χ0v) is 14.6. The first-order valence-electron chi connectivity index (χ1n) is 8.03. The average Bonchev–Trinajstić information content (AvgIpc) is 2.99. The summed E-state index contributed by atoms with van der Waals surface area (Å²) in [5, 5.41) is 27.4. The molecule has 0 spiro atoms. The van der Waals surface area contributed by atoms with Gasteiger partial charge in [0, 0.05) is 4.88 Å². The molecule has 25 heavy (non-hydrogen) atoms. The van der Waals surface area contributed by atoms with Crippen molar-refractivity contribution in [1.82, 2.24) is 9.78 Å². The molecule has 1 amide bonds. The summed E-state index contributed by atoms with van der Waals surface area (Å²) in [5.41, 5.74) is 2.15. The van der Waals surface area contributed by atoms with Crippen LogP contribution >= 0.6 is 11.3 Å². The number of carbonyl (C=O) groups is 1. The van der Waals surface area contributed by atoms with Crippen LogP contribution in [0.25, 0.3) is 0 Å². The lowest BCUT2D eigenvalue weighted by Gasteiger charge is -2.03. The van der Waals surface area contributed by atoms with Gasteiger partial charge in [-0.15, -0.1) is 11.3 Å². The lowest BCUT2D eigenvalue weighted by atomic mass is 10.1. The van der Waals surface area contributed by atoms with E-state index in [9.17, 15) is 20.2 Å². The molecular weight excluding hydrogens is 342 g/mol. The van der Waals surface area contributed by atoms with Crippen LogP contribution in [0.15, 0.2) is 6.07 Å². The highest BCUT2D eigenvalue weighted by Crippen LogP contribution is 2.36. The summed E-state index contributed by atoms with van der Waals surface area (Å²) in [6, 6.07) is 3.54. The Balaban J connectivity index is 1.77. The third kappa shape index (κ3) is 3.53. The summed E-state index contributed by atoms with van der Waals surface area (Å²) in [6.07, 6.45) is 5.12. The van der Waals surface area contributed by atoms with Crippen LogP contribution in [-0.2, 0) is 24.2 Å². The number of aromatic nitrogens is 2. The number of hydrogen-bond acceptors (Lipinski definition) is 6. The van der Waals surface area contributed by atoms with Crippen molar-refractivity contribution >= 4 is 28.1 Å². The van der Waals surface area contributed by atoms with E-state index < -0.39 is 4.92 Å². The van der Waals surface area contributed by atoms with E-state index >= 15 is 0 Å². The first kappa shape index (κ1) is 17.1. The topological polar surface area (TPSA) is 114 Å². The van der Waals surface area contributed by atoms with Crippen molar-refractivity contribution in [2.45, 2.75) is 45.6 Å². The maximum Gasteiger partial charge on any atom is 0.390 e. The van der Waals surface area contributed by atoms with Gasteiger partial charge in [-0.25, -0.2) is 0 Å². The number of amides is 1. The molecule has 0 fully saturated rings. The Hall–Kier alpha value is -2.73. The highest BCUT2D eigenvalue weighted by molar-refractivity contribution is 7.16.